The van der Waals surface area contributed by atoms with Crippen LogP contribution in [-0.2, 0) is 6.42 Å². The van der Waals surface area contributed by atoms with Crippen molar-refractivity contribution in [2.45, 2.75) is 11.8 Å². The summed E-state index contributed by atoms with van der Waals surface area (Å²) in [6.07, 6.45) is 5.99. The highest BCUT2D eigenvalue weighted by atomic mass is 35.5. The molecule has 1 aliphatic carbocycles. The summed E-state index contributed by atoms with van der Waals surface area (Å²) < 4.78 is 0. The van der Waals surface area contributed by atoms with Crippen molar-refractivity contribution in [3.05, 3.63) is 47.5 Å². The summed E-state index contributed by atoms with van der Waals surface area (Å²) in [7, 11) is 0. The Bertz CT molecular complexity index is 289. The molecule has 0 N–H and O–H groups in total. The Hall–Kier alpha value is -0.750. The van der Waals surface area contributed by atoms with E-state index in [9.17, 15) is 0 Å². The van der Waals surface area contributed by atoms with Gasteiger partial charge in [-0.05, 0) is 29.7 Å². The highest BCUT2D eigenvalue weighted by Gasteiger charge is 2.11. The van der Waals surface area contributed by atoms with Crippen LogP contribution in [0.15, 0.2) is 24.3 Å². The van der Waals surface area contributed by atoms with Gasteiger partial charge in [-0.2, -0.15) is 0 Å². The van der Waals surface area contributed by atoms with Crippen LogP contribution in [0.1, 0.15) is 16.5 Å². The van der Waals surface area contributed by atoms with E-state index in [0.29, 0.717) is 0 Å². The van der Waals surface area contributed by atoms with Crippen molar-refractivity contribution >= 4 is 11.6 Å². The standard InChI is InChI=1S/C10H7Cl/c11-10-7-3-5-8-4-1-2-6-9(8)10/h2-4,6,10H,5H2. The number of hydrogen-bond acceptors (Lipinski definition) is 0. The van der Waals surface area contributed by atoms with Gasteiger partial charge in [0.15, 0.2) is 0 Å². The van der Waals surface area contributed by atoms with E-state index in [1.165, 1.54) is 11.1 Å². The highest BCUT2D eigenvalue weighted by Crippen LogP contribution is 2.28. The quantitative estimate of drug-likeness (QED) is 0.515. The van der Waals surface area contributed by atoms with Crippen molar-refractivity contribution in [1.82, 2.24) is 0 Å². The van der Waals surface area contributed by atoms with Gasteiger partial charge in [0.05, 0.1) is 5.38 Å². The molecule has 54 valence electrons. The molecule has 1 heteroatoms. The van der Waals surface area contributed by atoms with Gasteiger partial charge in [-0.15, -0.1) is 11.6 Å². The van der Waals surface area contributed by atoms with Gasteiger partial charge in [0.1, 0.15) is 0 Å². The summed E-state index contributed by atoms with van der Waals surface area (Å²) in [5, 5.41) is -0.0617. The topological polar surface area (TPSA) is 0 Å². The highest BCUT2D eigenvalue weighted by molar-refractivity contribution is 6.21. The molecular weight excluding hydrogens is 156 g/mol. The van der Waals surface area contributed by atoms with Crippen LogP contribution in [0.3, 0.4) is 0 Å². The van der Waals surface area contributed by atoms with E-state index in [-0.39, 0.29) is 5.38 Å². The van der Waals surface area contributed by atoms with Crippen LogP contribution in [0.4, 0.5) is 0 Å². The molecule has 2 radical (unpaired) electrons. The number of halogens is 1. The summed E-state index contributed by atoms with van der Waals surface area (Å²) in [6.45, 7) is 0. The van der Waals surface area contributed by atoms with E-state index in [4.69, 9.17) is 11.6 Å². The van der Waals surface area contributed by atoms with Crippen LogP contribution >= 0.6 is 11.6 Å². The predicted octanol–water partition coefficient (Wildman–Crippen LogP) is 2.68. The van der Waals surface area contributed by atoms with Crippen molar-refractivity contribution in [3.8, 4) is 0 Å². The molecule has 0 heterocycles. The molecule has 0 spiro atoms. The summed E-state index contributed by atoms with van der Waals surface area (Å²) in [5.74, 6) is 0. The lowest BCUT2D eigenvalue weighted by molar-refractivity contribution is 1.04. The van der Waals surface area contributed by atoms with Crippen LogP contribution in [0.5, 0.6) is 0 Å². The molecule has 0 saturated heterocycles. The van der Waals surface area contributed by atoms with Gasteiger partial charge in [0.2, 0.25) is 0 Å². The summed E-state index contributed by atoms with van der Waals surface area (Å²) in [5.41, 5.74) is 2.44. The molecule has 1 aromatic rings. The zero-order valence-electron chi connectivity index (χ0n) is 5.97. The zero-order valence-corrected chi connectivity index (χ0v) is 6.73. The van der Waals surface area contributed by atoms with E-state index in [1.54, 1.807) is 0 Å². The third-order valence-corrected chi connectivity index (χ3v) is 2.21. The zero-order chi connectivity index (χ0) is 7.68. The summed E-state index contributed by atoms with van der Waals surface area (Å²) in [4.78, 5) is 0. The minimum Gasteiger partial charge on any atom is -0.113 e. The Morgan fingerprint density at radius 2 is 2.45 bits per heavy atom. The molecule has 0 aromatic heterocycles. The maximum Gasteiger partial charge on any atom is 0.0838 e. The first-order valence-electron chi connectivity index (χ1n) is 3.58. The number of rotatable bonds is 0. The largest absolute Gasteiger partial charge is 0.113 e. The Morgan fingerprint density at radius 1 is 1.55 bits per heavy atom. The fraction of sp³-hybridized carbons (Fsp3) is 0.200. The van der Waals surface area contributed by atoms with E-state index >= 15 is 0 Å². The number of benzene rings is 1. The van der Waals surface area contributed by atoms with E-state index in [2.05, 4.69) is 12.1 Å². The maximum atomic E-state index is 5.99. The Morgan fingerprint density at radius 3 is 3.27 bits per heavy atom. The number of fused-ring (bicyclic) bond motifs is 1. The first-order chi connectivity index (χ1) is 5.38. The van der Waals surface area contributed by atoms with Crippen molar-refractivity contribution in [3.63, 3.8) is 0 Å². The second-order valence-corrected chi connectivity index (χ2v) is 3.00. The summed E-state index contributed by atoms with van der Waals surface area (Å²) >= 11 is 5.99. The smallest absolute Gasteiger partial charge is 0.0838 e. The molecule has 1 atom stereocenters. The monoisotopic (exact) mass is 162 g/mol. The van der Waals surface area contributed by atoms with E-state index in [1.807, 2.05) is 24.3 Å². The van der Waals surface area contributed by atoms with Crippen molar-refractivity contribution < 1.29 is 0 Å². The van der Waals surface area contributed by atoms with E-state index < -0.39 is 0 Å². The number of hydrogen-bond donors (Lipinski definition) is 0. The predicted molar refractivity (Wildman–Crippen MR) is 45.4 cm³/mol. The van der Waals surface area contributed by atoms with Gasteiger partial charge >= 0.3 is 0 Å². The Labute approximate surface area is 71.5 Å². The fourth-order valence-electron chi connectivity index (χ4n) is 1.26. The molecule has 1 aromatic carbocycles. The average molecular weight is 163 g/mol. The lowest BCUT2D eigenvalue weighted by Crippen LogP contribution is -1.99. The first kappa shape index (κ1) is 6.93. The van der Waals surface area contributed by atoms with Crippen LogP contribution in [0, 0.1) is 12.1 Å². The van der Waals surface area contributed by atoms with Crippen molar-refractivity contribution in [2.24, 2.45) is 0 Å². The van der Waals surface area contributed by atoms with Gasteiger partial charge in [-0.3, -0.25) is 0 Å². The number of alkyl halides is 1. The lowest BCUT2D eigenvalue weighted by atomic mass is 9.97. The second kappa shape index (κ2) is 2.71. The normalized spacial score (nSPS) is 21.4. The average Bonchev–Trinajstić information content (AvgIpc) is 2.06. The van der Waals surface area contributed by atoms with Gasteiger partial charge < -0.3 is 0 Å². The molecule has 0 nitrogen and oxygen atoms in total. The minimum absolute atomic E-state index is 0.0617. The Kier molecular flexibility index (Phi) is 1.71. The lowest BCUT2D eigenvalue weighted by Gasteiger charge is -2.13. The minimum atomic E-state index is -0.0617. The molecule has 0 amide bonds. The molecule has 0 bridgehead atoms. The fourth-order valence-corrected chi connectivity index (χ4v) is 1.57. The Balaban J connectivity index is 2.50. The SMILES string of the molecule is ClC1[C]=CCc2c[c]ccc21. The van der Waals surface area contributed by atoms with Crippen LogP contribution in [0.25, 0.3) is 0 Å². The van der Waals surface area contributed by atoms with Crippen LogP contribution in [-0.4, -0.2) is 0 Å². The summed E-state index contributed by atoms with van der Waals surface area (Å²) in [6, 6.07) is 8.92. The molecule has 0 aliphatic heterocycles. The van der Waals surface area contributed by atoms with Gasteiger partial charge in [0.25, 0.3) is 0 Å². The van der Waals surface area contributed by atoms with Gasteiger partial charge in [0, 0.05) is 0 Å². The van der Waals surface area contributed by atoms with Crippen LogP contribution < -0.4 is 0 Å². The molecule has 11 heavy (non-hydrogen) atoms. The third kappa shape index (κ3) is 1.19. The van der Waals surface area contributed by atoms with Crippen molar-refractivity contribution in [2.75, 3.05) is 0 Å². The molecule has 0 fully saturated rings. The molecule has 0 saturated carbocycles. The van der Waals surface area contributed by atoms with Crippen molar-refractivity contribution in [1.29, 1.82) is 0 Å². The van der Waals surface area contributed by atoms with E-state index in [0.717, 1.165) is 6.42 Å². The molecule has 2 rings (SSSR count). The third-order valence-electron chi connectivity index (χ3n) is 1.85. The molecular formula is C10H7Cl. The number of allylic oxidation sites excluding steroid dienone is 2. The molecule has 1 unspecified atom stereocenters. The molecule has 1 aliphatic rings. The first-order valence-corrected chi connectivity index (χ1v) is 4.02. The van der Waals surface area contributed by atoms with Crippen LogP contribution in [0.2, 0.25) is 0 Å². The maximum absolute atomic E-state index is 5.99. The van der Waals surface area contributed by atoms with Gasteiger partial charge in [-0.25, -0.2) is 0 Å². The van der Waals surface area contributed by atoms with Gasteiger partial charge in [-0.1, -0.05) is 24.3 Å². The second-order valence-electron chi connectivity index (χ2n) is 2.56.